The smallest absolute Gasteiger partial charge is 0.329 e. The monoisotopic (exact) mass is 595 g/mol. The van der Waals surface area contributed by atoms with Crippen molar-refractivity contribution in [2.75, 3.05) is 19.8 Å². The van der Waals surface area contributed by atoms with Crippen molar-refractivity contribution in [1.29, 1.82) is 0 Å². The highest BCUT2D eigenvalue weighted by atomic mass is 16.5. The molecule has 0 radical (unpaired) electrons. The summed E-state index contributed by atoms with van der Waals surface area (Å²) < 4.78 is 5.85. The Morgan fingerprint density at radius 3 is 0.952 bits per heavy atom. The van der Waals surface area contributed by atoms with Crippen molar-refractivity contribution in [2.24, 2.45) is 0 Å². The molecule has 4 heteroatoms. The lowest BCUT2D eigenvalue weighted by atomic mass is 10.1. The first-order valence-electron chi connectivity index (χ1n) is 18.4. The van der Waals surface area contributed by atoms with Gasteiger partial charge in [-0.3, -0.25) is 0 Å². The van der Waals surface area contributed by atoms with Crippen molar-refractivity contribution in [3.05, 3.63) is 24.3 Å². The predicted octanol–water partition coefficient (Wildman–Crippen LogP) is 12.1. The molecule has 0 spiro atoms. The lowest BCUT2D eigenvalue weighted by Gasteiger charge is -2.05. The zero-order valence-corrected chi connectivity index (χ0v) is 28.4. The number of carboxylic acids is 1. The summed E-state index contributed by atoms with van der Waals surface area (Å²) in [5.74, 6) is -1.19. The van der Waals surface area contributed by atoms with Gasteiger partial charge in [-0.05, 0) is 64.2 Å². The fourth-order valence-corrected chi connectivity index (χ4v) is 5.01. The van der Waals surface area contributed by atoms with Gasteiger partial charge in [0.15, 0.2) is 0 Å². The molecule has 0 aliphatic rings. The van der Waals surface area contributed by atoms with Crippen LogP contribution in [0.4, 0.5) is 0 Å². The van der Waals surface area contributed by atoms with Crippen LogP contribution in [0.2, 0.25) is 0 Å². The summed E-state index contributed by atoms with van der Waals surface area (Å²) in [6, 6.07) is 0. The number of hydrogen-bond acceptors (Lipinski definition) is 3. The Kier molecular flexibility index (Phi) is 43.0. The van der Waals surface area contributed by atoms with Gasteiger partial charge in [-0.25, -0.2) is 4.79 Å². The molecule has 250 valence electrons. The predicted molar refractivity (Wildman–Crippen MR) is 184 cm³/mol. The van der Waals surface area contributed by atoms with Gasteiger partial charge in [0.2, 0.25) is 0 Å². The molecule has 0 atom stereocenters. The average molecular weight is 595 g/mol. The topological polar surface area (TPSA) is 66.8 Å². The van der Waals surface area contributed by atoms with E-state index in [-0.39, 0.29) is 0 Å². The third-order valence-electron chi connectivity index (χ3n) is 7.74. The second kappa shape index (κ2) is 42.0. The van der Waals surface area contributed by atoms with E-state index < -0.39 is 12.6 Å². The molecule has 0 aromatic heterocycles. The third-order valence-corrected chi connectivity index (χ3v) is 7.74. The van der Waals surface area contributed by atoms with Crippen LogP contribution >= 0.6 is 0 Å². The van der Waals surface area contributed by atoms with Crippen LogP contribution in [-0.2, 0) is 9.53 Å². The van der Waals surface area contributed by atoms with Crippen LogP contribution in [-0.4, -0.2) is 36.0 Å². The molecule has 0 saturated heterocycles. The molecule has 0 aliphatic carbocycles. The number of aliphatic hydroxyl groups excluding tert-OH is 1. The van der Waals surface area contributed by atoms with Crippen molar-refractivity contribution >= 4 is 5.97 Å². The van der Waals surface area contributed by atoms with Gasteiger partial charge in [0.1, 0.15) is 6.61 Å². The molecular weight excluding hydrogens is 520 g/mol. The van der Waals surface area contributed by atoms with Gasteiger partial charge in [0.25, 0.3) is 0 Å². The highest BCUT2D eigenvalue weighted by Gasteiger charge is 1.95. The van der Waals surface area contributed by atoms with Gasteiger partial charge < -0.3 is 14.9 Å². The van der Waals surface area contributed by atoms with E-state index >= 15 is 0 Å². The summed E-state index contributed by atoms with van der Waals surface area (Å²) in [7, 11) is 0. The fraction of sp³-hybridized carbons (Fsp3) is 0.868. The molecule has 0 aliphatic heterocycles. The summed E-state index contributed by atoms with van der Waals surface area (Å²) in [5.41, 5.74) is 0. The van der Waals surface area contributed by atoms with Crippen LogP contribution in [0.25, 0.3) is 0 Å². The standard InChI is InChI=1S/C36H70O.C2H4O3/c1-3-5-7-9-11-13-15-17-19-21-23-25-27-29-31-33-35-37-36-34-32-30-28-26-24-22-20-18-16-14-12-10-8-6-4-2;3-1-2(4)5/h17-20H,3-16,21-36H2,1-2H3;3H,1H2,(H,4,5)/b19-17-,20-18-;. The maximum absolute atomic E-state index is 9.12. The third kappa shape index (κ3) is 45.8. The SMILES string of the molecule is CCCCCCCC/C=C\CCCCCCCCOCCCCCCCC/C=C\CCCCCCCC.O=C(O)CO. The molecule has 0 heterocycles. The number of carboxylic acid groups (broad SMARTS) is 1. The van der Waals surface area contributed by atoms with Gasteiger partial charge >= 0.3 is 5.97 Å². The van der Waals surface area contributed by atoms with Gasteiger partial charge in [0, 0.05) is 13.2 Å². The normalized spacial score (nSPS) is 11.4. The van der Waals surface area contributed by atoms with Gasteiger partial charge in [-0.15, -0.1) is 0 Å². The molecule has 0 aromatic carbocycles. The van der Waals surface area contributed by atoms with Crippen molar-refractivity contribution in [1.82, 2.24) is 0 Å². The first-order chi connectivity index (χ1) is 20.7. The fourth-order valence-electron chi connectivity index (χ4n) is 5.01. The van der Waals surface area contributed by atoms with E-state index in [4.69, 9.17) is 19.7 Å². The summed E-state index contributed by atoms with van der Waals surface area (Å²) in [4.78, 5) is 9.12. The van der Waals surface area contributed by atoms with E-state index in [1.807, 2.05) is 0 Å². The van der Waals surface area contributed by atoms with Crippen molar-refractivity contribution in [3.63, 3.8) is 0 Å². The molecule has 42 heavy (non-hydrogen) atoms. The Hall–Kier alpha value is -1.13. The Bertz CT molecular complexity index is 503. The number of aliphatic hydroxyl groups is 1. The molecule has 0 saturated carbocycles. The first kappa shape index (κ1) is 43.0. The number of unbranched alkanes of at least 4 members (excludes halogenated alkanes) is 24. The summed E-state index contributed by atoms with van der Waals surface area (Å²) in [6.45, 7) is 5.76. The van der Waals surface area contributed by atoms with Crippen LogP contribution in [0.15, 0.2) is 24.3 Å². The Labute approximate surface area is 263 Å². The van der Waals surface area contributed by atoms with Crippen molar-refractivity contribution < 1.29 is 19.7 Å². The minimum Gasteiger partial charge on any atom is -0.480 e. The number of hydrogen-bond donors (Lipinski definition) is 2. The minimum atomic E-state index is -1.19. The van der Waals surface area contributed by atoms with Crippen LogP contribution < -0.4 is 0 Å². The maximum Gasteiger partial charge on any atom is 0.329 e. The van der Waals surface area contributed by atoms with E-state index in [1.54, 1.807) is 0 Å². The largest absolute Gasteiger partial charge is 0.480 e. The summed E-state index contributed by atoms with van der Waals surface area (Å²) in [5, 5.41) is 15.0. The molecular formula is C38H74O4. The molecule has 2 N–H and O–H groups in total. The van der Waals surface area contributed by atoms with E-state index in [1.165, 1.54) is 180 Å². The molecule has 0 amide bonds. The number of carbonyl (C=O) groups is 1. The van der Waals surface area contributed by atoms with Crippen molar-refractivity contribution in [3.8, 4) is 0 Å². The summed E-state index contributed by atoms with van der Waals surface area (Å²) in [6.07, 6.45) is 48.1. The van der Waals surface area contributed by atoms with Crippen LogP contribution in [0.1, 0.15) is 194 Å². The zero-order chi connectivity index (χ0) is 31.0. The van der Waals surface area contributed by atoms with E-state index in [9.17, 15) is 0 Å². The Balaban J connectivity index is 0. The zero-order valence-electron chi connectivity index (χ0n) is 28.4. The highest BCUT2D eigenvalue weighted by molar-refractivity contribution is 5.67. The second-order valence-corrected chi connectivity index (χ2v) is 12.0. The molecule has 0 bridgehead atoms. The van der Waals surface area contributed by atoms with Gasteiger partial charge in [-0.1, -0.05) is 154 Å². The average Bonchev–Trinajstić information content (AvgIpc) is 2.99. The van der Waals surface area contributed by atoms with E-state index in [0.29, 0.717) is 0 Å². The second-order valence-electron chi connectivity index (χ2n) is 12.0. The lowest BCUT2D eigenvalue weighted by Crippen LogP contribution is -1.98. The molecule has 4 nitrogen and oxygen atoms in total. The lowest BCUT2D eigenvalue weighted by molar-refractivity contribution is -0.140. The van der Waals surface area contributed by atoms with Crippen LogP contribution in [0.3, 0.4) is 0 Å². The number of ether oxygens (including phenoxy) is 1. The highest BCUT2D eigenvalue weighted by Crippen LogP contribution is 2.12. The molecule has 0 rings (SSSR count). The quantitative estimate of drug-likeness (QED) is 0.0586. The van der Waals surface area contributed by atoms with E-state index in [0.717, 1.165) is 13.2 Å². The first-order valence-corrected chi connectivity index (χ1v) is 18.4. The molecule has 0 fully saturated rings. The number of rotatable bonds is 33. The van der Waals surface area contributed by atoms with Crippen molar-refractivity contribution in [2.45, 2.75) is 194 Å². The number of allylic oxidation sites excluding steroid dienone is 4. The van der Waals surface area contributed by atoms with E-state index in [2.05, 4.69) is 38.2 Å². The molecule has 0 unspecified atom stereocenters. The minimum absolute atomic E-state index is 0.778. The number of aliphatic carboxylic acids is 1. The molecule has 0 aromatic rings. The van der Waals surface area contributed by atoms with Gasteiger partial charge in [0.05, 0.1) is 0 Å². The summed E-state index contributed by atoms with van der Waals surface area (Å²) >= 11 is 0. The Morgan fingerprint density at radius 2 is 0.690 bits per heavy atom. The van der Waals surface area contributed by atoms with Crippen LogP contribution in [0, 0.1) is 0 Å². The van der Waals surface area contributed by atoms with Crippen LogP contribution in [0.5, 0.6) is 0 Å². The van der Waals surface area contributed by atoms with Gasteiger partial charge in [-0.2, -0.15) is 0 Å². The Morgan fingerprint density at radius 1 is 0.452 bits per heavy atom. The maximum atomic E-state index is 9.12.